The lowest BCUT2D eigenvalue weighted by Gasteiger charge is -2.08. The molecule has 7 nitrogen and oxygen atoms in total. The lowest BCUT2D eigenvalue weighted by atomic mass is 10.4. The second-order valence-corrected chi connectivity index (χ2v) is 5.55. The number of fused-ring (bicyclic) bond motifs is 1. The van der Waals surface area contributed by atoms with Crippen LogP contribution in [0.3, 0.4) is 0 Å². The maximum atomic E-state index is 12.2. The van der Waals surface area contributed by atoms with E-state index in [4.69, 9.17) is 11.6 Å². The largest absolute Gasteiger partial charge is 0.332 e. The van der Waals surface area contributed by atoms with E-state index >= 15 is 0 Å². The van der Waals surface area contributed by atoms with E-state index in [0.29, 0.717) is 30.8 Å². The number of aryl methyl sites for hydroxylation is 1. The fraction of sp³-hybridized carbons (Fsp3) is 0.583. The summed E-state index contributed by atoms with van der Waals surface area (Å²) in [5.41, 5.74) is 0.146. The monoisotopic (exact) mass is 299 g/mol. The van der Waals surface area contributed by atoms with Crippen molar-refractivity contribution in [3.63, 3.8) is 0 Å². The van der Waals surface area contributed by atoms with Crippen LogP contribution in [0.2, 0.25) is 0 Å². The predicted octanol–water partition coefficient (Wildman–Crippen LogP) is -0.349. The molecule has 0 saturated heterocycles. The predicted molar refractivity (Wildman–Crippen MR) is 78.4 cm³/mol. The maximum Gasteiger partial charge on any atom is 0.332 e. The Hall–Kier alpha value is -1.60. The van der Waals surface area contributed by atoms with Crippen LogP contribution in [0.25, 0.3) is 11.2 Å². The second-order valence-electron chi connectivity index (χ2n) is 4.80. The standard InChI is InChI=1S/C12H18ClN5O2/c1-8(13)6-14-4-5-18-7-15-10-9(18)11(19)17(3)12(20)16(10)2/h7-8,14H,4-6H2,1-3H3. The molecular weight excluding hydrogens is 282 g/mol. The first-order valence-corrected chi connectivity index (χ1v) is 6.82. The van der Waals surface area contributed by atoms with Crippen LogP contribution in [-0.2, 0) is 20.6 Å². The summed E-state index contributed by atoms with van der Waals surface area (Å²) in [5.74, 6) is 0. The number of nitrogens with one attached hydrogen (secondary N) is 1. The van der Waals surface area contributed by atoms with E-state index in [1.807, 2.05) is 6.92 Å². The molecule has 2 heterocycles. The summed E-state index contributed by atoms with van der Waals surface area (Å²) in [4.78, 5) is 28.1. The van der Waals surface area contributed by atoms with Crippen molar-refractivity contribution in [1.29, 1.82) is 0 Å². The molecule has 0 bridgehead atoms. The van der Waals surface area contributed by atoms with Gasteiger partial charge in [0, 0.05) is 39.1 Å². The van der Waals surface area contributed by atoms with Gasteiger partial charge in [-0.3, -0.25) is 13.9 Å². The second kappa shape index (κ2) is 5.80. The zero-order valence-corrected chi connectivity index (χ0v) is 12.5. The van der Waals surface area contributed by atoms with Crippen molar-refractivity contribution in [3.8, 4) is 0 Å². The first-order valence-electron chi connectivity index (χ1n) is 6.39. The van der Waals surface area contributed by atoms with Gasteiger partial charge in [-0.15, -0.1) is 11.6 Å². The van der Waals surface area contributed by atoms with E-state index < -0.39 is 0 Å². The smallest absolute Gasteiger partial charge is 0.323 e. The van der Waals surface area contributed by atoms with Crippen molar-refractivity contribution >= 4 is 22.8 Å². The minimum Gasteiger partial charge on any atom is -0.323 e. The normalized spacial score (nSPS) is 13.0. The number of halogens is 1. The lowest BCUT2D eigenvalue weighted by molar-refractivity contribution is 0.601. The van der Waals surface area contributed by atoms with E-state index in [1.165, 1.54) is 11.6 Å². The van der Waals surface area contributed by atoms with E-state index in [0.717, 1.165) is 4.57 Å². The number of hydrogen-bond donors (Lipinski definition) is 1. The molecule has 2 rings (SSSR count). The third-order valence-electron chi connectivity index (χ3n) is 3.17. The van der Waals surface area contributed by atoms with Crippen molar-refractivity contribution in [2.45, 2.75) is 18.8 Å². The first kappa shape index (κ1) is 14.8. The fourth-order valence-electron chi connectivity index (χ4n) is 2.07. The molecule has 0 aliphatic heterocycles. The van der Waals surface area contributed by atoms with Gasteiger partial charge in [0.05, 0.1) is 6.33 Å². The number of aromatic nitrogens is 4. The van der Waals surface area contributed by atoms with Gasteiger partial charge < -0.3 is 9.88 Å². The highest BCUT2D eigenvalue weighted by Crippen LogP contribution is 2.04. The van der Waals surface area contributed by atoms with Gasteiger partial charge in [-0.1, -0.05) is 0 Å². The molecule has 0 saturated carbocycles. The number of imidazole rings is 1. The van der Waals surface area contributed by atoms with Gasteiger partial charge in [0.25, 0.3) is 5.56 Å². The number of nitrogens with zero attached hydrogens (tertiary/aromatic N) is 4. The Morgan fingerprint density at radius 3 is 2.70 bits per heavy atom. The minimum absolute atomic E-state index is 0.0585. The molecule has 8 heteroatoms. The summed E-state index contributed by atoms with van der Waals surface area (Å²) in [7, 11) is 3.07. The fourth-order valence-corrected chi connectivity index (χ4v) is 2.18. The Morgan fingerprint density at radius 2 is 2.05 bits per heavy atom. The van der Waals surface area contributed by atoms with Crippen molar-refractivity contribution in [2.75, 3.05) is 13.1 Å². The average Bonchev–Trinajstić information content (AvgIpc) is 2.82. The SMILES string of the molecule is CC(Cl)CNCCn1cnc2c1c(=O)n(C)c(=O)n2C. The van der Waals surface area contributed by atoms with Gasteiger partial charge in [-0.25, -0.2) is 9.78 Å². The Kier molecular flexibility index (Phi) is 4.29. The van der Waals surface area contributed by atoms with Crippen molar-refractivity contribution < 1.29 is 0 Å². The summed E-state index contributed by atoms with van der Waals surface area (Å²) in [6.07, 6.45) is 1.58. The third kappa shape index (κ3) is 2.64. The molecule has 1 N–H and O–H groups in total. The quantitative estimate of drug-likeness (QED) is 0.605. The number of hydrogen-bond acceptors (Lipinski definition) is 4. The molecule has 1 atom stereocenters. The Labute approximate surface area is 120 Å². The Bertz CT molecular complexity index is 728. The first-order chi connectivity index (χ1) is 9.43. The minimum atomic E-state index is -0.373. The van der Waals surface area contributed by atoms with Gasteiger partial charge in [0.15, 0.2) is 11.2 Å². The van der Waals surface area contributed by atoms with Crippen LogP contribution < -0.4 is 16.6 Å². The molecule has 0 aliphatic carbocycles. The van der Waals surface area contributed by atoms with Crippen molar-refractivity contribution in [1.82, 2.24) is 24.0 Å². The third-order valence-corrected chi connectivity index (χ3v) is 3.33. The summed E-state index contributed by atoms with van der Waals surface area (Å²) >= 11 is 5.84. The highest BCUT2D eigenvalue weighted by Gasteiger charge is 2.13. The molecule has 0 aliphatic rings. The van der Waals surface area contributed by atoms with Crippen LogP contribution in [0, 0.1) is 0 Å². The van der Waals surface area contributed by atoms with Crippen molar-refractivity contribution in [3.05, 3.63) is 27.2 Å². The van der Waals surface area contributed by atoms with Crippen molar-refractivity contribution in [2.24, 2.45) is 14.1 Å². The van der Waals surface area contributed by atoms with Crippen LogP contribution in [0.4, 0.5) is 0 Å². The summed E-state index contributed by atoms with van der Waals surface area (Å²) in [5, 5.41) is 3.25. The zero-order valence-electron chi connectivity index (χ0n) is 11.8. The highest BCUT2D eigenvalue weighted by atomic mass is 35.5. The molecule has 0 amide bonds. The Balaban J connectivity index is 2.33. The topological polar surface area (TPSA) is 73.8 Å². The summed E-state index contributed by atoms with van der Waals surface area (Å²) in [6.45, 7) is 3.87. The molecular formula is C12H18ClN5O2. The van der Waals surface area contributed by atoms with E-state index in [-0.39, 0.29) is 16.6 Å². The van der Waals surface area contributed by atoms with Crippen LogP contribution >= 0.6 is 11.6 Å². The van der Waals surface area contributed by atoms with Gasteiger partial charge in [0.1, 0.15) is 0 Å². The molecule has 2 aromatic rings. The van der Waals surface area contributed by atoms with Gasteiger partial charge in [0.2, 0.25) is 0 Å². The van der Waals surface area contributed by atoms with Gasteiger partial charge in [-0.05, 0) is 6.92 Å². The van der Waals surface area contributed by atoms with Crippen LogP contribution in [0.15, 0.2) is 15.9 Å². The maximum absolute atomic E-state index is 12.2. The average molecular weight is 300 g/mol. The van der Waals surface area contributed by atoms with Crippen LogP contribution in [0.5, 0.6) is 0 Å². The number of alkyl halides is 1. The summed E-state index contributed by atoms with van der Waals surface area (Å²) in [6, 6.07) is 0. The Morgan fingerprint density at radius 1 is 1.35 bits per heavy atom. The molecule has 1 unspecified atom stereocenters. The number of rotatable bonds is 5. The van der Waals surface area contributed by atoms with Gasteiger partial charge in [-0.2, -0.15) is 0 Å². The van der Waals surface area contributed by atoms with E-state index in [1.54, 1.807) is 17.9 Å². The van der Waals surface area contributed by atoms with Crippen LogP contribution in [0.1, 0.15) is 6.92 Å². The molecule has 0 fully saturated rings. The lowest BCUT2D eigenvalue weighted by Crippen LogP contribution is -2.37. The molecule has 20 heavy (non-hydrogen) atoms. The summed E-state index contributed by atoms with van der Waals surface area (Å²) < 4.78 is 4.22. The molecule has 0 spiro atoms. The van der Waals surface area contributed by atoms with E-state index in [2.05, 4.69) is 10.3 Å². The molecule has 0 aromatic carbocycles. The molecule has 110 valence electrons. The highest BCUT2D eigenvalue weighted by molar-refractivity contribution is 6.20. The molecule has 2 aromatic heterocycles. The van der Waals surface area contributed by atoms with Gasteiger partial charge >= 0.3 is 5.69 Å². The zero-order chi connectivity index (χ0) is 14.9. The van der Waals surface area contributed by atoms with Crippen LogP contribution in [-0.4, -0.2) is 37.2 Å². The van der Waals surface area contributed by atoms with E-state index in [9.17, 15) is 9.59 Å². The molecule has 0 radical (unpaired) electrons.